The SMILES string of the molecule is O=C(CCCF)c1ccc(C(=O)ON2C(=O)CCC2=O)cc1.O=C(O)c1ccc(C(=O)CCCF)cc1.O=S(=O)=O.O=S(=O)=O. The maximum absolute atomic E-state index is 12.0. The Labute approximate surface area is 256 Å². The van der Waals surface area contributed by atoms with Crippen molar-refractivity contribution in [3.05, 3.63) is 70.8 Å². The van der Waals surface area contributed by atoms with Gasteiger partial charge in [0.25, 0.3) is 11.8 Å². The summed E-state index contributed by atoms with van der Waals surface area (Å²) in [6.45, 7) is -1.08. The predicted octanol–water partition coefficient (Wildman–Crippen LogP) is 2.15. The molecule has 0 saturated carbocycles. The zero-order valence-electron chi connectivity index (χ0n) is 23.0. The fourth-order valence-corrected chi connectivity index (χ4v) is 3.13. The summed E-state index contributed by atoms with van der Waals surface area (Å²) < 4.78 is 74.5. The lowest BCUT2D eigenvalue weighted by Crippen LogP contribution is -2.32. The monoisotopic (exact) mass is 677 g/mol. The van der Waals surface area contributed by atoms with Crippen LogP contribution >= 0.6 is 0 Å². The molecule has 19 heteroatoms. The summed E-state index contributed by atoms with van der Waals surface area (Å²) in [6, 6.07) is 11.2. The van der Waals surface area contributed by atoms with Gasteiger partial charge in [0.05, 0.1) is 24.5 Å². The highest BCUT2D eigenvalue weighted by Crippen LogP contribution is 2.15. The van der Waals surface area contributed by atoms with Gasteiger partial charge in [0.15, 0.2) is 11.6 Å². The van der Waals surface area contributed by atoms with E-state index in [-0.39, 0.29) is 61.2 Å². The van der Waals surface area contributed by atoms with Gasteiger partial charge in [0, 0.05) is 36.8 Å². The van der Waals surface area contributed by atoms with Gasteiger partial charge < -0.3 is 9.94 Å². The molecule has 15 nitrogen and oxygen atoms in total. The van der Waals surface area contributed by atoms with Crippen LogP contribution in [0.15, 0.2) is 48.5 Å². The Balaban J connectivity index is 0.000000724. The molecule has 0 radical (unpaired) electrons. The molecule has 45 heavy (non-hydrogen) atoms. The van der Waals surface area contributed by atoms with Crippen molar-refractivity contribution < 1.29 is 72.7 Å². The first-order valence-corrected chi connectivity index (χ1v) is 14.4. The van der Waals surface area contributed by atoms with Crippen LogP contribution in [0.25, 0.3) is 0 Å². The van der Waals surface area contributed by atoms with Crippen molar-refractivity contribution in [2.45, 2.75) is 38.5 Å². The van der Waals surface area contributed by atoms with E-state index in [1.165, 1.54) is 48.5 Å². The first-order valence-electron chi connectivity index (χ1n) is 12.4. The molecule has 2 aromatic carbocycles. The third-order valence-electron chi connectivity index (χ3n) is 5.15. The summed E-state index contributed by atoms with van der Waals surface area (Å²) in [5, 5.41) is 9.08. The van der Waals surface area contributed by atoms with E-state index in [1.54, 1.807) is 0 Å². The lowest BCUT2D eigenvalue weighted by molar-refractivity contribution is -0.172. The van der Waals surface area contributed by atoms with Gasteiger partial charge in [-0.2, -0.15) is 0 Å². The van der Waals surface area contributed by atoms with Gasteiger partial charge in [-0.3, -0.25) is 28.0 Å². The molecule has 1 aliphatic heterocycles. The van der Waals surface area contributed by atoms with Crippen molar-refractivity contribution in [2.75, 3.05) is 13.3 Å². The standard InChI is InChI=1S/C15H14FNO5.C11H11FO3.2O3S/c16-9-1-2-12(18)10-3-5-11(6-4-10)15(21)22-17-13(19)7-8-14(17)20;12-7-1-2-10(13)8-3-5-9(6-4-8)11(14)15;2*1-4(2)3/h3-6H,1-2,7-9H2;3-6H,1-2,7H2,(H,14,15);;. The van der Waals surface area contributed by atoms with Crippen LogP contribution in [0.2, 0.25) is 0 Å². The zero-order chi connectivity index (χ0) is 34.5. The normalized spacial score (nSPS) is 11.4. The van der Waals surface area contributed by atoms with E-state index < -0.39 is 58.3 Å². The Hall–Kier alpha value is -5.04. The summed E-state index contributed by atoms with van der Waals surface area (Å²) in [6.07, 6.45) is 0.656. The molecule has 2 aromatic rings. The Morgan fingerprint density at radius 2 is 0.956 bits per heavy atom. The maximum Gasteiger partial charge on any atom is 0.425 e. The third-order valence-corrected chi connectivity index (χ3v) is 5.15. The minimum Gasteiger partial charge on any atom is -0.478 e. The number of rotatable bonds is 11. The van der Waals surface area contributed by atoms with E-state index in [9.17, 15) is 37.5 Å². The van der Waals surface area contributed by atoms with Gasteiger partial charge in [-0.05, 0) is 37.1 Å². The molecule has 1 fully saturated rings. The van der Waals surface area contributed by atoms with Gasteiger partial charge in [0.1, 0.15) is 0 Å². The number of halogens is 2. The minimum absolute atomic E-state index is 0.0219. The average Bonchev–Trinajstić information content (AvgIpc) is 3.30. The number of ketones is 2. The van der Waals surface area contributed by atoms with Gasteiger partial charge in [-0.15, -0.1) is 30.3 Å². The van der Waals surface area contributed by atoms with Crippen LogP contribution in [-0.2, 0) is 35.6 Å². The van der Waals surface area contributed by atoms with Crippen LogP contribution in [0.5, 0.6) is 0 Å². The number of hydroxylamine groups is 2. The highest BCUT2D eigenvalue weighted by atomic mass is 32.2. The third kappa shape index (κ3) is 17.0. The first kappa shape index (κ1) is 40.0. The molecule has 0 aliphatic carbocycles. The van der Waals surface area contributed by atoms with Gasteiger partial charge in [0.2, 0.25) is 0 Å². The molecule has 2 amide bonds. The Morgan fingerprint density at radius 1 is 0.644 bits per heavy atom. The molecule has 1 heterocycles. The maximum atomic E-state index is 12.0. The fourth-order valence-electron chi connectivity index (χ4n) is 3.13. The number of Topliss-reactive ketones (excluding diaryl/α,β-unsaturated/α-hetero) is 2. The number of amides is 2. The van der Waals surface area contributed by atoms with Crippen LogP contribution in [0.3, 0.4) is 0 Å². The van der Waals surface area contributed by atoms with Crippen LogP contribution < -0.4 is 0 Å². The van der Waals surface area contributed by atoms with Crippen molar-refractivity contribution in [3.8, 4) is 0 Å². The quantitative estimate of drug-likeness (QED) is 0.265. The van der Waals surface area contributed by atoms with Crippen molar-refractivity contribution in [1.82, 2.24) is 5.06 Å². The van der Waals surface area contributed by atoms with Crippen molar-refractivity contribution >= 4 is 56.5 Å². The smallest absolute Gasteiger partial charge is 0.425 e. The predicted molar refractivity (Wildman–Crippen MR) is 145 cm³/mol. The second-order valence-electron chi connectivity index (χ2n) is 8.26. The number of benzene rings is 2. The Morgan fingerprint density at radius 3 is 1.27 bits per heavy atom. The van der Waals surface area contributed by atoms with Crippen LogP contribution in [0.1, 0.15) is 80.0 Å². The van der Waals surface area contributed by atoms with Crippen molar-refractivity contribution in [1.29, 1.82) is 0 Å². The molecule has 0 bridgehead atoms. The number of carboxylic acid groups (broad SMARTS) is 1. The van der Waals surface area contributed by atoms with E-state index >= 15 is 0 Å². The molecule has 3 rings (SSSR count). The second kappa shape index (κ2) is 21.6. The summed E-state index contributed by atoms with van der Waals surface area (Å²) in [5.74, 6) is -3.39. The molecule has 0 aromatic heterocycles. The topological polar surface area (TPSA) is 238 Å². The molecular weight excluding hydrogens is 652 g/mol. The molecule has 1 aliphatic rings. The van der Waals surface area contributed by atoms with E-state index in [1.807, 2.05) is 0 Å². The minimum atomic E-state index is -3.11. The number of nitrogens with zero attached hydrogens (tertiary/aromatic N) is 1. The van der Waals surface area contributed by atoms with Crippen LogP contribution in [0, 0.1) is 0 Å². The molecule has 1 saturated heterocycles. The molecule has 0 atom stereocenters. The van der Waals surface area contributed by atoms with Gasteiger partial charge in [-0.1, -0.05) is 24.3 Å². The highest BCUT2D eigenvalue weighted by Gasteiger charge is 2.33. The number of hydrogen-bond donors (Lipinski definition) is 1. The lowest BCUT2D eigenvalue weighted by atomic mass is 10.1. The average molecular weight is 678 g/mol. The number of carbonyl (C=O) groups is 6. The number of carbonyl (C=O) groups excluding carboxylic acids is 5. The highest BCUT2D eigenvalue weighted by molar-refractivity contribution is 7.59. The number of aromatic carboxylic acids is 1. The van der Waals surface area contributed by atoms with Crippen molar-refractivity contribution in [3.63, 3.8) is 0 Å². The van der Waals surface area contributed by atoms with Gasteiger partial charge >= 0.3 is 33.2 Å². The number of alkyl halides is 2. The van der Waals surface area contributed by atoms with Crippen LogP contribution in [0.4, 0.5) is 8.78 Å². The van der Waals surface area contributed by atoms with E-state index in [2.05, 4.69) is 0 Å². The fraction of sp³-hybridized carbons (Fsp3) is 0.308. The zero-order valence-corrected chi connectivity index (χ0v) is 24.7. The number of carboxylic acids is 1. The number of imide groups is 1. The largest absolute Gasteiger partial charge is 0.478 e. The summed E-state index contributed by atoms with van der Waals surface area (Å²) in [7, 11) is -6.22. The summed E-state index contributed by atoms with van der Waals surface area (Å²) in [4.78, 5) is 72.8. The van der Waals surface area contributed by atoms with Crippen LogP contribution in [-0.4, -0.2) is 84.1 Å². The molecule has 244 valence electrons. The second-order valence-corrected chi connectivity index (χ2v) is 9.08. The molecule has 0 unspecified atom stereocenters. The Kier molecular flexibility index (Phi) is 19.2. The Bertz CT molecular complexity index is 1520. The van der Waals surface area contributed by atoms with Crippen molar-refractivity contribution in [2.24, 2.45) is 0 Å². The lowest BCUT2D eigenvalue weighted by Gasteiger charge is -2.12. The molecule has 0 spiro atoms. The van der Waals surface area contributed by atoms with E-state index in [0.29, 0.717) is 16.2 Å². The van der Waals surface area contributed by atoms with Gasteiger partial charge in [-0.25, -0.2) is 9.59 Å². The number of hydrogen-bond acceptors (Lipinski definition) is 13. The molecule has 1 N–H and O–H groups in total. The summed E-state index contributed by atoms with van der Waals surface area (Å²) in [5.41, 5.74) is 1.03. The first-order chi connectivity index (χ1) is 21.1. The summed E-state index contributed by atoms with van der Waals surface area (Å²) >= 11 is 0. The van der Waals surface area contributed by atoms with E-state index in [0.717, 1.165) is 0 Å². The molecular formula is C26H25F2NO14S2. The van der Waals surface area contributed by atoms with E-state index in [4.69, 9.17) is 35.2 Å².